The molecule has 0 radical (unpaired) electrons. The van der Waals surface area contributed by atoms with Crippen LogP contribution in [-0.4, -0.2) is 40.9 Å². The predicted octanol–water partition coefficient (Wildman–Crippen LogP) is 1.71. The fourth-order valence-electron chi connectivity index (χ4n) is 2.37. The number of ether oxygens (including phenoxy) is 1. The van der Waals surface area contributed by atoms with Crippen LogP contribution in [0.3, 0.4) is 0 Å². The second-order valence-corrected chi connectivity index (χ2v) is 5.20. The van der Waals surface area contributed by atoms with Crippen molar-refractivity contribution in [1.29, 1.82) is 0 Å². The number of aromatic nitrogens is 2. The molecule has 5 heteroatoms. The molecular formula is C14H23N3O2. The number of aliphatic hydroxyl groups excluding tert-OH is 1. The molecule has 2 rings (SSSR count). The van der Waals surface area contributed by atoms with Crippen LogP contribution in [-0.2, 0) is 11.3 Å². The molecular weight excluding hydrogens is 242 g/mol. The molecule has 1 atom stereocenters. The number of morpholine rings is 1. The Morgan fingerprint density at radius 1 is 1.53 bits per heavy atom. The average molecular weight is 265 g/mol. The molecule has 1 aliphatic rings. The smallest absolute Gasteiger partial charge is 0.131 e. The molecule has 0 spiro atoms. The molecule has 1 fully saturated rings. The Morgan fingerprint density at radius 2 is 2.32 bits per heavy atom. The van der Waals surface area contributed by atoms with Crippen molar-refractivity contribution in [2.45, 2.75) is 45.8 Å². The largest absolute Gasteiger partial charge is 0.390 e. The van der Waals surface area contributed by atoms with E-state index >= 15 is 0 Å². The molecule has 0 bridgehead atoms. The van der Waals surface area contributed by atoms with Crippen LogP contribution in [0.5, 0.6) is 0 Å². The van der Waals surface area contributed by atoms with Gasteiger partial charge in [-0.05, 0) is 6.42 Å². The molecule has 5 nitrogen and oxygen atoms in total. The summed E-state index contributed by atoms with van der Waals surface area (Å²) in [6, 6.07) is 0.340. The van der Waals surface area contributed by atoms with Crippen LogP contribution in [0.2, 0.25) is 0 Å². The van der Waals surface area contributed by atoms with Crippen molar-refractivity contribution in [3.63, 3.8) is 0 Å². The van der Waals surface area contributed by atoms with Crippen LogP contribution in [0, 0.1) is 0 Å². The SMILES string of the molecule is CCC1COCCN1c1cnc(C(C)C)nc1CO. The Bertz CT molecular complexity index is 423. The highest BCUT2D eigenvalue weighted by Crippen LogP contribution is 2.25. The number of hydrogen-bond acceptors (Lipinski definition) is 5. The van der Waals surface area contributed by atoms with E-state index in [0.717, 1.165) is 36.8 Å². The van der Waals surface area contributed by atoms with Crippen molar-refractivity contribution < 1.29 is 9.84 Å². The second kappa shape index (κ2) is 6.30. The molecule has 1 aromatic rings. The maximum Gasteiger partial charge on any atom is 0.131 e. The lowest BCUT2D eigenvalue weighted by atomic mass is 10.1. The van der Waals surface area contributed by atoms with Crippen molar-refractivity contribution in [1.82, 2.24) is 9.97 Å². The van der Waals surface area contributed by atoms with Gasteiger partial charge in [0.15, 0.2) is 0 Å². The number of rotatable bonds is 4. The van der Waals surface area contributed by atoms with E-state index in [1.807, 2.05) is 6.20 Å². The maximum absolute atomic E-state index is 9.57. The Balaban J connectivity index is 2.32. The van der Waals surface area contributed by atoms with Gasteiger partial charge in [-0.25, -0.2) is 9.97 Å². The molecule has 1 unspecified atom stereocenters. The van der Waals surface area contributed by atoms with E-state index < -0.39 is 0 Å². The van der Waals surface area contributed by atoms with Gasteiger partial charge in [0.2, 0.25) is 0 Å². The number of aliphatic hydroxyl groups is 1. The third-order valence-electron chi connectivity index (χ3n) is 3.54. The van der Waals surface area contributed by atoms with Gasteiger partial charge >= 0.3 is 0 Å². The summed E-state index contributed by atoms with van der Waals surface area (Å²) in [4.78, 5) is 11.2. The van der Waals surface area contributed by atoms with Crippen LogP contribution in [0.1, 0.15) is 44.6 Å². The molecule has 0 aliphatic carbocycles. The van der Waals surface area contributed by atoms with E-state index in [2.05, 4.69) is 35.6 Å². The molecule has 1 aromatic heterocycles. The van der Waals surface area contributed by atoms with Gasteiger partial charge < -0.3 is 14.7 Å². The molecule has 1 aliphatic heterocycles. The van der Waals surface area contributed by atoms with Gasteiger partial charge in [-0.3, -0.25) is 0 Å². The minimum Gasteiger partial charge on any atom is -0.390 e. The van der Waals surface area contributed by atoms with Crippen molar-refractivity contribution in [3.8, 4) is 0 Å². The molecule has 2 heterocycles. The van der Waals surface area contributed by atoms with Crippen molar-refractivity contribution >= 4 is 5.69 Å². The van der Waals surface area contributed by atoms with Gasteiger partial charge in [-0.1, -0.05) is 20.8 Å². The van der Waals surface area contributed by atoms with E-state index in [9.17, 15) is 5.11 Å². The summed E-state index contributed by atoms with van der Waals surface area (Å²) in [6.45, 7) is 8.48. The normalized spacial score (nSPS) is 20.1. The summed E-state index contributed by atoms with van der Waals surface area (Å²) >= 11 is 0. The standard InChI is InChI=1S/C14H23N3O2/c1-4-11-9-19-6-5-17(11)13-7-15-14(10(2)3)16-12(13)8-18/h7,10-11,18H,4-6,8-9H2,1-3H3. The minimum absolute atomic E-state index is 0.0502. The first-order chi connectivity index (χ1) is 9.17. The Kier molecular flexibility index (Phi) is 4.71. The van der Waals surface area contributed by atoms with Crippen LogP contribution >= 0.6 is 0 Å². The van der Waals surface area contributed by atoms with Crippen molar-refractivity contribution in [2.24, 2.45) is 0 Å². The first kappa shape index (κ1) is 14.2. The molecule has 19 heavy (non-hydrogen) atoms. The van der Waals surface area contributed by atoms with E-state index in [-0.39, 0.29) is 12.5 Å². The highest BCUT2D eigenvalue weighted by molar-refractivity contribution is 5.50. The summed E-state index contributed by atoms with van der Waals surface area (Å²) in [5.74, 6) is 1.06. The fourth-order valence-corrected chi connectivity index (χ4v) is 2.37. The highest BCUT2D eigenvalue weighted by Gasteiger charge is 2.24. The lowest BCUT2D eigenvalue weighted by Gasteiger charge is -2.37. The number of hydrogen-bond donors (Lipinski definition) is 1. The van der Waals surface area contributed by atoms with Crippen LogP contribution < -0.4 is 4.90 Å². The molecule has 0 amide bonds. The van der Waals surface area contributed by atoms with Gasteiger partial charge in [0.25, 0.3) is 0 Å². The second-order valence-electron chi connectivity index (χ2n) is 5.20. The van der Waals surface area contributed by atoms with Gasteiger partial charge in [0, 0.05) is 12.5 Å². The zero-order valence-electron chi connectivity index (χ0n) is 12.0. The molecule has 0 saturated carbocycles. The molecule has 0 aromatic carbocycles. The van der Waals surface area contributed by atoms with Gasteiger partial charge in [0.1, 0.15) is 5.82 Å². The number of nitrogens with zero attached hydrogens (tertiary/aromatic N) is 3. The molecule has 1 N–H and O–H groups in total. The fraction of sp³-hybridized carbons (Fsp3) is 0.714. The highest BCUT2D eigenvalue weighted by atomic mass is 16.5. The quantitative estimate of drug-likeness (QED) is 0.898. The summed E-state index contributed by atoms with van der Waals surface area (Å²) in [7, 11) is 0. The van der Waals surface area contributed by atoms with E-state index in [1.165, 1.54) is 0 Å². The minimum atomic E-state index is -0.0502. The summed E-state index contributed by atoms with van der Waals surface area (Å²) in [6.07, 6.45) is 2.86. The topological polar surface area (TPSA) is 58.5 Å². The average Bonchev–Trinajstić information content (AvgIpc) is 2.46. The predicted molar refractivity (Wildman–Crippen MR) is 74.3 cm³/mol. The van der Waals surface area contributed by atoms with E-state index in [0.29, 0.717) is 12.6 Å². The van der Waals surface area contributed by atoms with Crippen LogP contribution in [0.25, 0.3) is 0 Å². The molecule has 1 saturated heterocycles. The lowest BCUT2D eigenvalue weighted by molar-refractivity contribution is 0.0926. The monoisotopic (exact) mass is 265 g/mol. The zero-order chi connectivity index (χ0) is 13.8. The molecule has 106 valence electrons. The summed E-state index contributed by atoms with van der Waals surface area (Å²) in [5, 5.41) is 9.57. The Labute approximate surface area is 114 Å². The third kappa shape index (κ3) is 3.04. The van der Waals surface area contributed by atoms with Crippen LogP contribution in [0.4, 0.5) is 5.69 Å². The zero-order valence-corrected chi connectivity index (χ0v) is 12.0. The summed E-state index contributed by atoms with van der Waals surface area (Å²) < 4.78 is 5.52. The van der Waals surface area contributed by atoms with Gasteiger partial charge in [-0.2, -0.15) is 0 Å². The Morgan fingerprint density at radius 3 is 2.95 bits per heavy atom. The first-order valence-corrected chi connectivity index (χ1v) is 6.98. The maximum atomic E-state index is 9.57. The van der Waals surface area contributed by atoms with Crippen molar-refractivity contribution in [3.05, 3.63) is 17.7 Å². The summed E-state index contributed by atoms with van der Waals surface area (Å²) in [5.41, 5.74) is 1.67. The lowest BCUT2D eigenvalue weighted by Crippen LogP contribution is -2.45. The van der Waals surface area contributed by atoms with Crippen molar-refractivity contribution in [2.75, 3.05) is 24.7 Å². The number of anilines is 1. The van der Waals surface area contributed by atoms with Gasteiger partial charge in [0.05, 0.1) is 43.4 Å². The third-order valence-corrected chi connectivity index (χ3v) is 3.54. The first-order valence-electron chi connectivity index (χ1n) is 6.98. The van der Waals surface area contributed by atoms with Gasteiger partial charge in [-0.15, -0.1) is 0 Å². The van der Waals surface area contributed by atoms with E-state index in [1.54, 1.807) is 0 Å². The Hall–Kier alpha value is -1.20. The van der Waals surface area contributed by atoms with E-state index in [4.69, 9.17) is 4.74 Å². The van der Waals surface area contributed by atoms with Crippen LogP contribution in [0.15, 0.2) is 6.20 Å².